The van der Waals surface area contributed by atoms with Crippen LogP contribution >= 0.6 is 15.9 Å². The Morgan fingerprint density at radius 2 is 2.18 bits per heavy atom. The number of halogens is 1. The molecule has 7 nitrogen and oxygen atoms in total. The highest BCUT2D eigenvalue weighted by Crippen LogP contribution is 2.23. The number of amides is 3. The zero-order chi connectivity index (χ0) is 19.9. The maximum Gasteiger partial charge on any atom is 0.321 e. The van der Waals surface area contributed by atoms with Crippen molar-refractivity contribution in [2.24, 2.45) is 0 Å². The largest absolute Gasteiger partial charge is 0.439 e. The van der Waals surface area contributed by atoms with Crippen molar-refractivity contribution in [3.05, 3.63) is 47.1 Å². The molecule has 1 aromatic carbocycles. The minimum atomic E-state index is -0.196. The number of piperidine rings is 1. The highest BCUT2D eigenvalue weighted by molar-refractivity contribution is 9.10. The molecular formula is C20H23BrN4O3. The number of carbonyl (C=O) groups excluding carboxylic acids is 2. The maximum absolute atomic E-state index is 12.5. The van der Waals surface area contributed by atoms with Crippen molar-refractivity contribution in [2.45, 2.75) is 32.2 Å². The third kappa shape index (κ3) is 5.69. The predicted molar refractivity (Wildman–Crippen MR) is 111 cm³/mol. The van der Waals surface area contributed by atoms with E-state index >= 15 is 0 Å². The second kappa shape index (κ2) is 9.54. The quantitative estimate of drug-likeness (QED) is 0.721. The van der Waals surface area contributed by atoms with Crippen LogP contribution in [-0.4, -0.2) is 41.0 Å². The fourth-order valence-electron chi connectivity index (χ4n) is 2.98. The Labute approximate surface area is 172 Å². The summed E-state index contributed by atoms with van der Waals surface area (Å²) in [5.74, 6) is 1.13. The first-order valence-electron chi connectivity index (χ1n) is 9.28. The molecule has 2 aromatic rings. The van der Waals surface area contributed by atoms with Gasteiger partial charge in [-0.3, -0.25) is 4.79 Å². The SMILES string of the molecule is CCC(=O)NC1CCCN(C(=O)Nc2ccc(Oc3cccc(Br)c3)nc2)C1. The van der Waals surface area contributed by atoms with E-state index in [1.807, 2.05) is 31.2 Å². The van der Waals surface area contributed by atoms with E-state index in [1.54, 1.807) is 23.2 Å². The van der Waals surface area contributed by atoms with Crippen LogP contribution in [0.5, 0.6) is 11.6 Å². The summed E-state index contributed by atoms with van der Waals surface area (Å²) in [5, 5.41) is 5.81. The standard InChI is InChI=1S/C20H23BrN4O3/c1-2-18(26)23-16-6-4-10-25(13-16)20(27)24-15-8-9-19(22-12-15)28-17-7-3-5-14(21)11-17/h3,5,7-9,11-12,16H,2,4,6,10,13H2,1H3,(H,23,26)(H,24,27). The van der Waals surface area contributed by atoms with Gasteiger partial charge in [0.15, 0.2) is 0 Å². The van der Waals surface area contributed by atoms with Crippen LogP contribution in [0, 0.1) is 0 Å². The summed E-state index contributed by atoms with van der Waals surface area (Å²) >= 11 is 3.40. The molecule has 148 valence electrons. The van der Waals surface area contributed by atoms with E-state index in [2.05, 4.69) is 31.5 Å². The molecule has 1 fully saturated rings. The van der Waals surface area contributed by atoms with Gasteiger partial charge in [-0.25, -0.2) is 9.78 Å². The number of pyridine rings is 1. The van der Waals surface area contributed by atoms with Gasteiger partial charge in [0.2, 0.25) is 11.8 Å². The molecule has 2 heterocycles. The van der Waals surface area contributed by atoms with E-state index in [-0.39, 0.29) is 18.0 Å². The maximum atomic E-state index is 12.5. The topological polar surface area (TPSA) is 83.6 Å². The van der Waals surface area contributed by atoms with Crippen LogP contribution in [0.3, 0.4) is 0 Å². The summed E-state index contributed by atoms with van der Waals surface area (Å²) in [6, 6.07) is 10.7. The van der Waals surface area contributed by atoms with Gasteiger partial charge in [-0.2, -0.15) is 0 Å². The normalized spacial score (nSPS) is 16.4. The molecule has 1 aromatic heterocycles. The van der Waals surface area contributed by atoms with Crippen LogP contribution in [0.15, 0.2) is 47.1 Å². The molecule has 0 aliphatic carbocycles. The number of rotatable bonds is 5. The highest BCUT2D eigenvalue weighted by Gasteiger charge is 2.24. The molecule has 0 saturated carbocycles. The number of likely N-dealkylation sites (tertiary alicyclic amines) is 1. The number of carbonyl (C=O) groups is 2. The Kier molecular flexibility index (Phi) is 6.86. The van der Waals surface area contributed by atoms with Crippen molar-refractivity contribution < 1.29 is 14.3 Å². The van der Waals surface area contributed by atoms with E-state index in [4.69, 9.17) is 4.74 Å². The monoisotopic (exact) mass is 446 g/mol. The average Bonchev–Trinajstić information content (AvgIpc) is 2.69. The minimum absolute atomic E-state index is 0.00560. The number of urea groups is 1. The van der Waals surface area contributed by atoms with Gasteiger partial charge >= 0.3 is 6.03 Å². The first-order chi connectivity index (χ1) is 13.5. The van der Waals surface area contributed by atoms with Gasteiger partial charge < -0.3 is 20.3 Å². The summed E-state index contributed by atoms with van der Waals surface area (Å²) in [4.78, 5) is 30.1. The van der Waals surface area contributed by atoms with Gasteiger partial charge in [-0.1, -0.05) is 28.9 Å². The second-order valence-electron chi connectivity index (χ2n) is 6.58. The fraction of sp³-hybridized carbons (Fsp3) is 0.350. The summed E-state index contributed by atoms with van der Waals surface area (Å²) in [6.07, 6.45) is 3.76. The zero-order valence-electron chi connectivity index (χ0n) is 15.7. The third-order valence-corrected chi connectivity index (χ3v) is 4.89. The van der Waals surface area contributed by atoms with Crippen LogP contribution in [-0.2, 0) is 4.79 Å². The van der Waals surface area contributed by atoms with Gasteiger partial charge in [-0.05, 0) is 37.1 Å². The first-order valence-corrected chi connectivity index (χ1v) is 10.1. The van der Waals surface area contributed by atoms with Crippen LogP contribution in [0.4, 0.5) is 10.5 Å². The Balaban J connectivity index is 1.54. The lowest BCUT2D eigenvalue weighted by molar-refractivity contribution is -0.121. The number of ether oxygens (including phenoxy) is 1. The van der Waals surface area contributed by atoms with Gasteiger partial charge in [0.25, 0.3) is 0 Å². The van der Waals surface area contributed by atoms with Crippen molar-refractivity contribution in [2.75, 3.05) is 18.4 Å². The van der Waals surface area contributed by atoms with Crippen molar-refractivity contribution >= 4 is 33.6 Å². The zero-order valence-corrected chi connectivity index (χ0v) is 17.2. The highest BCUT2D eigenvalue weighted by atomic mass is 79.9. The van der Waals surface area contributed by atoms with Gasteiger partial charge in [0.1, 0.15) is 5.75 Å². The van der Waals surface area contributed by atoms with Gasteiger partial charge in [-0.15, -0.1) is 0 Å². The molecule has 0 spiro atoms. The molecule has 2 N–H and O–H groups in total. The fourth-order valence-corrected chi connectivity index (χ4v) is 3.36. The first kappa shape index (κ1) is 20.1. The predicted octanol–water partition coefficient (Wildman–Crippen LogP) is 4.16. The van der Waals surface area contributed by atoms with Crippen molar-refractivity contribution in [3.8, 4) is 11.6 Å². The van der Waals surface area contributed by atoms with E-state index in [0.29, 0.717) is 36.8 Å². The Hall–Kier alpha value is -2.61. The average molecular weight is 447 g/mol. The van der Waals surface area contributed by atoms with Gasteiger partial charge in [0.05, 0.1) is 11.9 Å². The van der Waals surface area contributed by atoms with Crippen molar-refractivity contribution in [3.63, 3.8) is 0 Å². The van der Waals surface area contributed by atoms with Crippen molar-refractivity contribution in [1.82, 2.24) is 15.2 Å². The lowest BCUT2D eigenvalue weighted by Crippen LogP contribution is -2.50. The Bertz CT molecular complexity index is 828. The second-order valence-corrected chi connectivity index (χ2v) is 7.50. The molecule has 0 bridgehead atoms. The number of nitrogens with one attached hydrogen (secondary N) is 2. The summed E-state index contributed by atoms with van der Waals surface area (Å²) < 4.78 is 6.61. The number of nitrogens with zero attached hydrogens (tertiary/aromatic N) is 2. The molecule has 1 aliphatic heterocycles. The number of aromatic nitrogens is 1. The molecular weight excluding hydrogens is 424 g/mol. The van der Waals surface area contributed by atoms with E-state index < -0.39 is 0 Å². The molecule has 1 saturated heterocycles. The number of anilines is 1. The molecule has 1 unspecified atom stereocenters. The summed E-state index contributed by atoms with van der Waals surface area (Å²) in [7, 11) is 0. The Morgan fingerprint density at radius 3 is 2.89 bits per heavy atom. The molecule has 1 aliphatic rings. The summed E-state index contributed by atoms with van der Waals surface area (Å²) in [6.45, 7) is 3.00. The van der Waals surface area contributed by atoms with E-state index in [0.717, 1.165) is 17.3 Å². The lowest BCUT2D eigenvalue weighted by Gasteiger charge is -2.33. The molecule has 1 atom stereocenters. The van der Waals surface area contributed by atoms with Gasteiger partial charge in [0, 0.05) is 36.1 Å². The lowest BCUT2D eigenvalue weighted by atomic mass is 10.1. The van der Waals surface area contributed by atoms with Crippen LogP contribution in [0.25, 0.3) is 0 Å². The van der Waals surface area contributed by atoms with Crippen molar-refractivity contribution in [1.29, 1.82) is 0 Å². The number of hydrogen-bond acceptors (Lipinski definition) is 4. The minimum Gasteiger partial charge on any atom is -0.439 e. The molecule has 3 amide bonds. The Morgan fingerprint density at radius 1 is 1.32 bits per heavy atom. The molecule has 0 radical (unpaired) electrons. The summed E-state index contributed by atoms with van der Waals surface area (Å²) in [5.41, 5.74) is 0.589. The van der Waals surface area contributed by atoms with E-state index in [9.17, 15) is 9.59 Å². The third-order valence-electron chi connectivity index (χ3n) is 4.40. The van der Waals surface area contributed by atoms with Crippen LogP contribution in [0.2, 0.25) is 0 Å². The van der Waals surface area contributed by atoms with Crippen LogP contribution < -0.4 is 15.4 Å². The smallest absolute Gasteiger partial charge is 0.321 e. The molecule has 28 heavy (non-hydrogen) atoms. The van der Waals surface area contributed by atoms with E-state index in [1.165, 1.54) is 0 Å². The van der Waals surface area contributed by atoms with Crippen LogP contribution in [0.1, 0.15) is 26.2 Å². The number of hydrogen-bond donors (Lipinski definition) is 2. The molecule has 3 rings (SSSR count). The molecule has 8 heteroatoms. The number of benzene rings is 1.